The number of amides is 2. The first-order valence-corrected chi connectivity index (χ1v) is 9.95. The summed E-state index contributed by atoms with van der Waals surface area (Å²) in [5.74, 6) is 0.373. The molecule has 27 heavy (non-hydrogen) atoms. The Hall–Kier alpha value is -2.68. The maximum absolute atomic E-state index is 12.4. The average Bonchev–Trinajstić information content (AvgIpc) is 2.97. The van der Waals surface area contributed by atoms with E-state index in [-0.39, 0.29) is 11.8 Å². The van der Waals surface area contributed by atoms with Crippen molar-refractivity contribution in [2.75, 3.05) is 6.54 Å². The van der Waals surface area contributed by atoms with Crippen molar-refractivity contribution in [2.45, 2.75) is 38.5 Å². The van der Waals surface area contributed by atoms with Gasteiger partial charge in [-0.1, -0.05) is 67.8 Å². The Kier molecular flexibility index (Phi) is 5.19. The van der Waals surface area contributed by atoms with E-state index in [4.69, 9.17) is 0 Å². The van der Waals surface area contributed by atoms with Crippen molar-refractivity contribution in [2.24, 2.45) is 5.92 Å². The lowest BCUT2D eigenvalue weighted by Gasteiger charge is -2.17. The van der Waals surface area contributed by atoms with Gasteiger partial charge in [-0.25, -0.2) is 0 Å². The van der Waals surface area contributed by atoms with Crippen LogP contribution in [0.3, 0.4) is 0 Å². The second-order valence-electron chi connectivity index (χ2n) is 7.56. The molecule has 0 bridgehead atoms. The van der Waals surface area contributed by atoms with Crippen LogP contribution in [0.25, 0.3) is 6.08 Å². The molecule has 0 atom stereocenters. The fourth-order valence-corrected chi connectivity index (χ4v) is 4.05. The summed E-state index contributed by atoms with van der Waals surface area (Å²) in [6.45, 7) is 0.420. The summed E-state index contributed by atoms with van der Waals surface area (Å²) in [4.78, 5) is 26.2. The van der Waals surface area contributed by atoms with Crippen LogP contribution in [0.2, 0.25) is 0 Å². The number of hydrogen-bond donors (Lipinski definition) is 0. The van der Waals surface area contributed by atoms with E-state index in [1.807, 2.05) is 0 Å². The number of nitrogens with zero attached hydrogens (tertiary/aromatic N) is 1. The summed E-state index contributed by atoms with van der Waals surface area (Å²) in [6, 6.07) is 15.5. The van der Waals surface area contributed by atoms with Crippen LogP contribution in [0.5, 0.6) is 0 Å². The van der Waals surface area contributed by atoms with E-state index in [1.165, 1.54) is 42.6 Å². The minimum absolute atomic E-state index is 0.178. The minimum atomic E-state index is -0.178. The van der Waals surface area contributed by atoms with Crippen molar-refractivity contribution < 1.29 is 9.59 Å². The molecule has 1 aliphatic heterocycles. The number of allylic oxidation sites excluding steroid dienone is 1. The molecule has 1 heterocycles. The molecule has 0 unspecified atom stereocenters. The molecular weight excluding hydrogens is 334 g/mol. The zero-order valence-corrected chi connectivity index (χ0v) is 15.6. The van der Waals surface area contributed by atoms with Gasteiger partial charge in [0.05, 0.1) is 11.1 Å². The number of carbonyl (C=O) groups excluding carboxylic acids is 2. The standard InChI is InChI=1S/C24H25NO2/c26-23-21-8-4-5-9-22(21)24(27)25(23)17-16-20-14-12-19(13-15-20)11-10-18-6-2-1-3-7-18/h4-5,8-15,18H,1-3,6-7,16-17H2. The topological polar surface area (TPSA) is 37.4 Å². The Morgan fingerprint density at radius 3 is 2.11 bits per heavy atom. The number of benzene rings is 2. The van der Waals surface area contributed by atoms with E-state index < -0.39 is 0 Å². The number of rotatable bonds is 5. The summed E-state index contributed by atoms with van der Waals surface area (Å²) < 4.78 is 0. The zero-order valence-electron chi connectivity index (χ0n) is 15.6. The maximum atomic E-state index is 12.4. The molecule has 2 aromatic rings. The van der Waals surface area contributed by atoms with Gasteiger partial charge in [0, 0.05) is 6.54 Å². The molecule has 3 heteroatoms. The molecule has 138 valence electrons. The molecule has 0 N–H and O–H groups in total. The van der Waals surface area contributed by atoms with Crippen molar-refractivity contribution >= 4 is 17.9 Å². The van der Waals surface area contributed by atoms with Gasteiger partial charge in [0.2, 0.25) is 0 Å². The fourth-order valence-electron chi connectivity index (χ4n) is 4.05. The Labute approximate surface area is 160 Å². The molecule has 0 saturated heterocycles. The molecule has 2 aliphatic rings. The minimum Gasteiger partial charge on any atom is -0.274 e. The van der Waals surface area contributed by atoms with Crippen LogP contribution in [0.4, 0.5) is 0 Å². The smallest absolute Gasteiger partial charge is 0.261 e. The molecule has 3 nitrogen and oxygen atoms in total. The third-order valence-corrected chi connectivity index (χ3v) is 5.69. The molecule has 2 aromatic carbocycles. The van der Waals surface area contributed by atoms with Crippen molar-refractivity contribution in [3.05, 3.63) is 76.9 Å². The molecule has 0 spiro atoms. The predicted octanol–water partition coefficient (Wildman–Crippen LogP) is 5.12. The normalized spacial score (nSPS) is 17.7. The summed E-state index contributed by atoms with van der Waals surface area (Å²) in [7, 11) is 0. The predicted molar refractivity (Wildman–Crippen MR) is 108 cm³/mol. The third kappa shape index (κ3) is 3.87. The highest BCUT2D eigenvalue weighted by Gasteiger charge is 2.34. The fraction of sp³-hybridized carbons (Fsp3) is 0.333. The van der Waals surface area contributed by atoms with Crippen molar-refractivity contribution in [3.63, 3.8) is 0 Å². The van der Waals surface area contributed by atoms with Crippen LogP contribution in [0.1, 0.15) is 63.9 Å². The van der Waals surface area contributed by atoms with Gasteiger partial charge in [0.15, 0.2) is 0 Å². The second kappa shape index (κ2) is 7.91. The van der Waals surface area contributed by atoms with E-state index in [9.17, 15) is 9.59 Å². The van der Waals surface area contributed by atoms with E-state index >= 15 is 0 Å². The van der Waals surface area contributed by atoms with Gasteiger partial charge in [0.1, 0.15) is 0 Å². The van der Waals surface area contributed by atoms with Gasteiger partial charge < -0.3 is 0 Å². The molecule has 0 radical (unpaired) electrons. The third-order valence-electron chi connectivity index (χ3n) is 5.69. The van der Waals surface area contributed by atoms with E-state index in [0.29, 0.717) is 24.1 Å². The lowest BCUT2D eigenvalue weighted by atomic mass is 9.89. The van der Waals surface area contributed by atoms with Gasteiger partial charge in [-0.2, -0.15) is 0 Å². The molecule has 1 aliphatic carbocycles. The summed E-state index contributed by atoms with van der Waals surface area (Å²) in [6.07, 6.45) is 12.0. The van der Waals surface area contributed by atoms with Crippen LogP contribution < -0.4 is 0 Å². The van der Waals surface area contributed by atoms with E-state index in [0.717, 1.165) is 11.5 Å². The molecule has 2 amide bonds. The molecule has 4 rings (SSSR count). The monoisotopic (exact) mass is 359 g/mol. The summed E-state index contributed by atoms with van der Waals surface area (Å²) in [5, 5.41) is 0. The Balaban J connectivity index is 1.35. The van der Waals surface area contributed by atoms with Crippen LogP contribution in [-0.2, 0) is 6.42 Å². The van der Waals surface area contributed by atoms with Gasteiger partial charge in [-0.3, -0.25) is 14.5 Å². The van der Waals surface area contributed by atoms with Crippen LogP contribution in [-0.4, -0.2) is 23.3 Å². The van der Waals surface area contributed by atoms with Gasteiger partial charge >= 0.3 is 0 Å². The highest BCUT2D eigenvalue weighted by atomic mass is 16.2. The first kappa shape index (κ1) is 17.7. The highest BCUT2D eigenvalue weighted by molar-refractivity contribution is 6.21. The van der Waals surface area contributed by atoms with Crippen molar-refractivity contribution in [1.29, 1.82) is 0 Å². The van der Waals surface area contributed by atoms with Crippen LogP contribution >= 0.6 is 0 Å². The average molecular weight is 359 g/mol. The molecular formula is C24H25NO2. The summed E-state index contributed by atoms with van der Waals surface area (Å²) in [5.41, 5.74) is 3.39. The number of carbonyl (C=O) groups is 2. The first-order chi connectivity index (χ1) is 13.2. The number of imide groups is 1. The van der Waals surface area contributed by atoms with E-state index in [1.54, 1.807) is 24.3 Å². The highest BCUT2D eigenvalue weighted by Crippen LogP contribution is 2.25. The van der Waals surface area contributed by atoms with E-state index in [2.05, 4.69) is 36.4 Å². The van der Waals surface area contributed by atoms with Gasteiger partial charge in [0.25, 0.3) is 11.8 Å². The molecule has 1 fully saturated rings. The Bertz CT molecular complexity index is 825. The molecule has 1 saturated carbocycles. The SMILES string of the molecule is O=C1c2ccccc2C(=O)N1CCc1ccc(C=CC2CCCCC2)cc1. The van der Waals surface area contributed by atoms with Crippen molar-refractivity contribution in [1.82, 2.24) is 4.90 Å². The first-order valence-electron chi connectivity index (χ1n) is 9.95. The molecule has 0 aromatic heterocycles. The Morgan fingerprint density at radius 2 is 1.48 bits per heavy atom. The van der Waals surface area contributed by atoms with Gasteiger partial charge in [-0.15, -0.1) is 0 Å². The van der Waals surface area contributed by atoms with Gasteiger partial charge in [-0.05, 0) is 48.4 Å². The lowest BCUT2D eigenvalue weighted by Crippen LogP contribution is -2.31. The quantitative estimate of drug-likeness (QED) is 0.695. The summed E-state index contributed by atoms with van der Waals surface area (Å²) >= 11 is 0. The second-order valence-corrected chi connectivity index (χ2v) is 7.56. The lowest BCUT2D eigenvalue weighted by molar-refractivity contribution is 0.0656. The maximum Gasteiger partial charge on any atom is 0.261 e. The largest absolute Gasteiger partial charge is 0.274 e. The Morgan fingerprint density at radius 1 is 0.852 bits per heavy atom. The van der Waals surface area contributed by atoms with Crippen molar-refractivity contribution in [3.8, 4) is 0 Å². The van der Waals surface area contributed by atoms with Crippen LogP contribution in [0.15, 0.2) is 54.6 Å². The zero-order chi connectivity index (χ0) is 18.6. The van der Waals surface area contributed by atoms with Crippen LogP contribution in [0, 0.1) is 5.92 Å². The number of fused-ring (bicyclic) bond motifs is 1. The number of hydrogen-bond acceptors (Lipinski definition) is 2.